The fraction of sp³-hybridized carbons (Fsp3) is 0.118. The van der Waals surface area contributed by atoms with E-state index in [9.17, 15) is 13.6 Å². The highest BCUT2D eigenvalue weighted by molar-refractivity contribution is 7.98. The van der Waals surface area contributed by atoms with Crippen LogP contribution < -0.4 is 10.1 Å². The molecule has 0 aliphatic carbocycles. The standard InChI is InChI=1S/C17H15F2NO2S/c1-23-14-9-7-13(8-10-14)20-16(21)11-6-12-4-2-3-5-15(12)22-17(18)19/h2-11,17H,1H3,(H,20,21)/b11-6+. The second kappa shape index (κ2) is 8.33. The molecule has 0 bridgehead atoms. The Morgan fingerprint density at radius 3 is 2.52 bits per heavy atom. The van der Waals surface area contributed by atoms with Crippen LogP contribution in [0.15, 0.2) is 59.5 Å². The van der Waals surface area contributed by atoms with Gasteiger partial charge in [0.15, 0.2) is 0 Å². The van der Waals surface area contributed by atoms with E-state index in [1.165, 1.54) is 18.2 Å². The number of rotatable bonds is 6. The summed E-state index contributed by atoms with van der Waals surface area (Å²) < 4.78 is 29.0. The number of para-hydroxylation sites is 1. The lowest BCUT2D eigenvalue weighted by molar-refractivity contribution is -0.111. The first-order chi connectivity index (χ1) is 11.1. The van der Waals surface area contributed by atoms with E-state index in [0.717, 1.165) is 4.90 Å². The maximum atomic E-state index is 12.3. The highest BCUT2D eigenvalue weighted by atomic mass is 32.2. The number of hydrogen-bond acceptors (Lipinski definition) is 3. The molecule has 2 aromatic carbocycles. The molecule has 1 amide bonds. The lowest BCUT2D eigenvalue weighted by Gasteiger charge is -2.07. The summed E-state index contributed by atoms with van der Waals surface area (Å²) in [6.07, 6.45) is 4.68. The summed E-state index contributed by atoms with van der Waals surface area (Å²) in [4.78, 5) is 13.0. The van der Waals surface area contributed by atoms with Crippen molar-refractivity contribution in [1.29, 1.82) is 0 Å². The SMILES string of the molecule is CSc1ccc(NC(=O)/C=C/c2ccccc2OC(F)F)cc1. The number of anilines is 1. The van der Waals surface area contributed by atoms with E-state index >= 15 is 0 Å². The number of amides is 1. The smallest absolute Gasteiger partial charge is 0.387 e. The molecule has 0 aliphatic rings. The van der Waals surface area contributed by atoms with Gasteiger partial charge >= 0.3 is 6.61 Å². The van der Waals surface area contributed by atoms with Crippen molar-refractivity contribution in [2.75, 3.05) is 11.6 Å². The van der Waals surface area contributed by atoms with Crippen LogP contribution in [0.2, 0.25) is 0 Å². The van der Waals surface area contributed by atoms with E-state index in [4.69, 9.17) is 0 Å². The third-order valence-electron chi connectivity index (χ3n) is 2.91. The number of ether oxygens (including phenoxy) is 1. The van der Waals surface area contributed by atoms with Gasteiger partial charge in [0, 0.05) is 22.2 Å². The Labute approximate surface area is 137 Å². The first kappa shape index (κ1) is 17.0. The molecule has 0 atom stereocenters. The number of thioether (sulfide) groups is 1. The van der Waals surface area contributed by atoms with Gasteiger partial charge in [-0.3, -0.25) is 4.79 Å². The number of nitrogens with one attached hydrogen (secondary N) is 1. The summed E-state index contributed by atoms with van der Waals surface area (Å²) in [7, 11) is 0. The van der Waals surface area contributed by atoms with Crippen LogP contribution in [0.1, 0.15) is 5.56 Å². The molecule has 0 radical (unpaired) electrons. The van der Waals surface area contributed by atoms with Crippen molar-refractivity contribution in [2.45, 2.75) is 11.5 Å². The summed E-state index contributed by atoms with van der Waals surface area (Å²) in [5, 5.41) is 2.70. The maximum Gasteiger partial charge on any atom is 0.387 e. The lowest BCUT2D eigenvalue weighted by atomic mass is 10.2. The molecule has 0 fully saturated rings. The minimum atomic E-state index is -2.91. The molecular formula is C17H15F2NO2S. The van der Waals surface area contributed by atoms with E-state index in [2.05, 4.69) is 10.1 Å². The predicted molar refractivity (Wildman–Crippen MR) is 89.0 cm³/mol. The third-order valence-corrected chi connectivity index (χ3v) is 3.65. The summed E-state index contributed by atoms with van der Waals surface area (Å²) in [5.74, 6) is -0.329. The van der Waals surface area contributed by atoms with Crippen molar-refractivity contribution in [1.82, 2.24) is 0 Å². The fourth-order valence-corrected chi connectivity index (χ4v) is 2.25. The molecule has 0 aliphatic heterocycles. The van der Waals surface area contributed by atoms with Crippen molar-refractivity contribution >= 4 is 29.4 Å². The average Bonchev–Trinajstić information content (AvgIpc) is 2.54. The highest BCUT2D eigenvalue weighted by Crippen LogP contribution is 2.22. The normalized spacial score (nSPS) is 11.0. The van der Waals surface area contributed by atoms with Crippen LogP contribution in [0.5, 0.6) is 5.75 Å². The molecule has 2 aromatic rings. The number of halogens is 2. The second-order valence-electron chi connectivity index (χ2n) is 4.47. The Bertz CT molecular complexity index is 687. The minimum Gasteiger partial charge on any atom is -0.434 e. The number of hydrogen-bond donors (Lipinski definition) is 1. The molecule has 23 heavy (non-hydrogen) atoms. The van der Waals surface area contributed by atoms with Gasteiger partial charge in [0.05, 0.1) is 0 Å². The Hall–Kier alpha value is -2.34. The van der Waals surface area contributed by atoms with Crippen LogP contribution in [0.25, 0.3) is 6.08 Å². The summed E-state index contributed by atoms with van der Waals surface area (Å²) >= 11 is 1.61. The van der Waals surface area contributed by atoms with Crippen molar-refractivity contribution in [3.8, 4) is 5.75 Å². The minimum absolute atomic E-state index is 0.0240. The third kappa shape index (κ3) is 5.41. The molecule has 120 valence electrons. The van der Waals surface area contributed by atoms with E-state index in [0.29, 0.717) is 11.3 Å². The van der Waals surface area contributed by atoms with Crippen molar-refractivity contribution < 1.29 is 18.3 Å². The Balaban J connectivity index is 2.03. The molecule has 0 heterocycles. The average molecular weight is 335 g/mol. The van der Waals surface area contributed by atoms with E-state index in [-0.39, 0.29) is 11.7 Å². The van der Waals surface area contributed by atoms with Crippen LogP contribution in [0.4, 0.5) is 14.5 Å². The highest BCUT2D eigenvalue weighted by Gasteiger charge is 2.07. The molecular weight excluding hydrogens is 320 g/mol. The first-order valence-electron chi connectivity index (χ1n) is 6.75. The Morgan fingerprint density at radius 2 is 1.87 bits per heavy atom. The zero-order valence-electron chi connectivity index (χ0n) is 12.3. The van der Waals surface area contributed by atoms with Crippen LogP contribution in [0.3, 0.4) is 0 Å². The maximum absolute atomic E-state index is 12.3. The van der Waals surface area contributed by atoms with Crippen molar-refractivity contribution in [3.63, 3.8) is 0 Å². The van der Waals surface area contributed by atoms with Gasteiger partial charge in [-0.2, -0.15) is 8.78 Å². The molecule has 3 nitrogen and oxygen atoms in total. The Kier molecular flexibility index (Phi) is 6.17. The largest absolute Gasteiger partial charge is 0.434 e. The second-order valence-corrected chi connectivity index (χ2v) is 5.35. The molecule has 1 N–H and O–H groups in total. The van der Waals surface area contributed by atoms with E-state index in [1.54, 1.807) is 42.1 Å². The monoisotopic (exact) mass is 335 g/mol. The van der Waals surface area contributed by atoms with Gasteiger partial charge in [-0.05, 0) is 42.7 Å². The molecule has 0 unspecified atom stereocenters. The van der Waals surface area contributed by atoms with Crippen LogP contribution in [-0.2, 0) is 4.79 Å². The topological polar surface area (TPSA) is 38.3 Å². The van der Waals surface area contributed by atoms with Crippen molar-refractivity contribution in [3.05, 3.63) is 60.2 Å². The number of alkyl halides is 2. The quantitative estimate of drug-likeness (QED) is 0.616. The molecule has 0 saturated heterocycles. The predicted octanol–water partition coefficient (Wildman–Crippen LogP) is 4.66. The van der Waals surface area contributed by atoms with Gasteiger partial charge in [0.2, 0.25) is 5.91 Å². The zero-order valence-corrected chi connectivity index (χ0v) is 13.1. The molecule has 6 heteroatoms. The number of benzene rings is 2. The van der Waals surface area contributed by atoms with Gasteiger partial charge in [0.25, 0.3) is 0 Å². The number of carbonyl (C=O) groups excluding carboxylic acids is 1. The van der Waals surface area contributed by atoms with Crippen molar-refractivity contribution in [2.24, 2.45) is 0 Å². The van der Waals surface area contributed by atoms with Crippen LogP contribution >= 0.6 is 11.8 Å². The lowest BCUT2D eigenvalue weighted by Crippen LogP contribution is -2.07. The first-order valence-corrected chi connectivity index (χ1v) is 7.98. The molecule has 0 saturated carbocycles. The summed E-state index contributed by atoms with van der Waals surface area (Å²) in [6, 6.07) is 13.7. The summed E-state index contributed by atoms with van der Waals surface area (Å²) in [6.45, 7) is -2.91. The molecule has 0 spiro atoms. The molecule has 2 rings (SSSR count). The van der Waals surface area contributed by atoms with E-state index < -0.39 is 6.61 Å². The molecule has 0 aromatic heterocycles. The summed E-state index contributed by atoms with van der Waals surface area (Å²) in [5.41, 5.74) is 1.07. The zero-order chi connectivity index (χ0) is 16.7. The van der Waals surface area contributed by atoms with Gasteiger partial charge < -0.3 is 10.1 Å². The van der Waals surface area contributed by atoms with Crippen LogP contribution in [-0.4, -0.2) is 18.8 Å². The van der Waals surface area contributed by atoms with Gasteiger partial charge in [-0.15, -0.1) is 11.8 Å². The van der Waals surface area contributed by atoms with Crippen LogP contribution in [0, 0.1) is 0 Å². The number of carbonyl (C=O) groups is 1. The van der Waals surface area contributed by atoms with Gasteiger partial charge in [0.1, 0.15) is 5.75 Å². The van der Waals surface area contributed by atoms with E-state index in [1.807, 2.05) is 18.4 Å². The fourth-order valence-electron chi connectivity index (χ4n) is 1.85. The van der Waals surface area contributed by atoms with Gasteiger partial charge in [-0.25, -0.2) is 0 Å². The van der Waals surface area contributed by atoms with Gasteiger partial charge in [-0.1, -0.05) is 18.2 Å². The Morgan fingerprint density at radius 1 is 1.17 bits per heavy atom.